The Morgan fingerprint density at radius 2 is 1.74 bits per heavy atom. The van der Waals surface area contributed by atoms with E-state index < -0.39 is 0 Å². The van der Waals surface area contributed by atoms with Crippen LogP contribution in [-0.2, 0) is 0 Å². The number of allylic oxidation sites excluding steroid dienone is 1. The van der Waals surface area contributed by atoms with Gasteiger partial charge in [0.2, 0.25) is 5.89 Å². The lowest BCUT2D eigenvalue weighted by Gasteiger charge is -2.10. The highest BCUT2D eigenvalue weighted by Crippen LogP contribution is 2.31. The van der Waals surface area contributed by atoms with Gasteiger partial charge in [0, 0.05) is 11.1 Å². The Labute approximate surface area is 198 Å². The molecule has 0 radical (unpaired) electrons. The van der Waals surface area contributed by atoms with Gasteiger partial charge in [-0.2, -0.15) is 0 Å². The van der Waals surface area contributed by atoms with Gasteiger partial charge in [-0.15, -0.1) is 0 Å². The van der Waals surface area contributed by atoms with Crippen molar-refractivity contribution in [2.24, 2.45) is 0 Å². The summed E-state index contributed by atoms with van der Waals surface area (Å²) in [5.74, 6) is 1.98. The molecule has 0 fully saturated rings. The molecule has 174 valence electrons. The van der Waals surface area contributed by atoms with E-state index in [1.54, 1.807) is 62.8 Å². The second-order valence-corrected chi connectivity index (χ2v) is 7.71. The largest absolute Gasteiger partial charge is 0.497 e. The second-order valence-electron chi connectivity index (χ2n) is 7.71. The Kier molecular flexibility index (Phi) is 7.28. The second kappa shape index (κ2) is 10.7. The summed E-state index contributed by atoms with van der Waals surface area (Å²) in [6, 6.07) is 19.9. The number of ether oxygens (including phenoxy) is 3. The minimum Gasteiger partial charge on any atom is -0.497 e. The van der Waals surface area contributed by atoms with Gasteiger partial charge in [-0.25, -0.2) is 4.98 Å². The third-order valence-corrected chi connectivity index (χ3v) is 5.39. The molecule has 1 aromatic heterocycles. The predicted octanol–water partition coefficient (Wildman–Crippen LogP) is 6.45. The molecule has 0 aliphatic heterocycles. The number of para-hydroxylation sites is 2. The quantitative estimate of drug-likeness (QED) is 0.155. The lowest BCUT2D eigenvalue weighted by atomic mass is 10.00. The number of hydrogen-bond acceptors (Lipinski definition) is 6. The van der Waals surface area contributed by atoms with Gasteiger partial charge in [-0.1, -0.05) is 25.5 Å². The molecule has 0 aliphatic rings. The van der Waals surface area contributed by atoms with E-state index in [1.807, 2.05) is 24.3 Å². The number of carbonyl (C=O) groups is 1. The molecule has 0 saturated heterocycles. The predicted molar refractivity (Wildman–Crippen MR) is 133 cm³/mol. The Morgan fingerprint density at radius 3 is 2.44 bits per heavy atom. The van der Waals surface area contributed by atoms with Crippen molar-refractivity contribution >= 4 is 28.5 Å². The number of oxazole rings is 1. The van der Waals surface area contributed by atoms with Gasteiger partial charge in [0.1, 0.15) is 22.8 Å². The summed E-state index contributed by atoms with van der Waals surface area (Å²) in [5, 5.41) is 0. The molecule has 6 nitrogen and oxygen atoms in total. The minimum absolute atomic E-state index is 0.225. The number of carbonyl (C=O) groups excluding carboxylic acids is 1. The number of aromatic nitrogens is 1. The topological polar surface area (TPSA) is 70.8 Å². The zero-order valence-corrected chi connectivity index (χ0v) is 19.5. The fourth-order valence-corrected chi connectivity index (χ4v) is 3.51. The molecule has 0 N–H and O–H groups in total. The van der Waals surface area contributed by atoms with Gasteiger partial charge in [-0.05, 0) is 67.1 Å². The zero-order valence-electron chi connectivity index (χ0n) is 19.5. The summed E-state index contributed by atoms with van der Waals surface area (Å²) >= 11 is 0. The number of ketones is 1. The molecule has 0 spiro atoms. The standard InChI is InChI=1S/C28H27NO5/c1-4-5-16-33-21-12-10-19(11-13-21)27(30)23(28-29-24-8-6-7-9-26(24)34-28)18-20-17-22(31-2)14-15-25(20)32-3/h6-15,17-18H,4-5,16H2,1-3H3. The van der Waals surface area contributed by atoms with Crippen LogP contribution in [0.15, 0.2) is 71.1 Å². The lowest BCUT2D eigenvalue weighted by Crippen LogP contribution is -2.04. The first-order valence-corrected chi connectivity index (χ1v) is 11.2. The number of benzene rings is 3. The fourth-order valence-electron chi connectivity index (χ4n) is 3.51. The summed E-state index contributed by atoms with van der Waals surface area (Å²) in [5.41, 5.74) is 2.76. The first-order valence-electron chi connectivity index (χ1n) is 11.2. The molecule has 4 aromatic rings. The molecule has 0 bridgehead atoms. The lowest BCUT2D eigenvalue weighted by molar-refractivity contribution is 0.105. The summed E-state index contributed by atoms with van der Waals surface area (Å²) in [4.78, 5) is 18.2. The zero-order chi connectivity index (χ0) is 23.9. The molecule has 3 aromatic carbocycles. The van der Waals surface area contributed by atoms with E-state index in [0.29, 0.717) is 45.9 Å². The molecule has 1 heterocycles. The highest BCUT2D eigenvalue weighted by atomic mass is 16.5. The summed E-state index contributed by atoms with van der Waals surface area (Å²) in [6.45, 7) is 2.76. The maximum absolute atomic E-state index is 13.7. The van der Waals surface area contributed by atoms with Crippen LogP contribution in [0.1, 0.15) is 41.6 Å². The van der Waals surface area contributed by atoms with Crippen molar-refractivity contribution in [3.63, 3.8) is 0 Å². The van der Waals surface area contributed by atoms with E-state index in [-0.39, 0.29) is 11.7 Å². The number of fused-ring (bicyclic) bond motifs is 1. The van der Waals surface area contributed by atoms with Gasteiger partial charge in [0.05, 0.1) is 26.4 Å². The molecule has 0 atom stereocenters. The summed E-state index contributed by atoms with van der Waals surface area (Å²) in [7, 11) is 3.17. The highest BCUT2D eigenvalue weighted by molar-refractivity contribution is 6.31. The molecular weight excluding hydrogens is 430 g/mol. The molecule has 34 heavy (non-hydrogen) atoms. The maximum Gasteiger partial charge on any atom is 0.231 e. The highest BCUT2D eigenvalue weighted by Gasteiger charge is 2.21. The number of Topliss-reactive ketones (excluding diaryl/α,β-unsaturated/α-hetero) is 1. The van der Waals surface area contributed by atoms with Gasteiger partial charge >= 0.3 is 0 Å². The SMILES string of the molecule is CCCCOc1ccc(C(=O)C(=Cc2cc(OC)ccc2OC)c2nc3ccccc3o2)cc1. The van der Waals surface area contributed by atoms with E-state index in [0.717, 1.165) is 18.6 Å². The van der Waals surface area contributed by atoms with Crippen LogP contribution < -0.4 is 14.2 Å². The van der Waals surface area contributed by atoms with Crippen molar-refractivity contribution in [2.45, 2.75) is 19.8 Å². The Bertz CT molecular complexity index is 1270. The number of unbranched alkanes of at least 4 members (excludes halogenated alkanes) is 1. The Morgan fingerprint density at radius 1 is 0.971 bits per heavy atom. The average molecular weight is 458 g/mol. The number of methoxy groups -OCH3 is 2. The van der Waals surface area contributed by atoms with E-state index in [2.05, 4.69) is 11.9 Å². The number of hydrogen-bond donors (Lipinski definition) is 0. The fraction of sp³-hybridized carbons (Fsp3) is 0.214. The maximum atomic E-state index is 13.7. The van der Waals surface area contributed by atoms with Crippen LogP contribution >= 0.6 is 0 Å². The molecular formula is C28H27NO5. The van der Waals surface area contributed by atoms with E-state index in [1.165, 1.54) is 0 Å². The number of rotatable bonds is 10. The molecule has 0 amide bonds. The van der Waals surface area contributed by atoms with Crippen molar-refractivity contribution < 1.29 is 23.4 Å². The van der Waals surface area contributed by atoms with Crippen LogP contribution in [0.5, 0.6) is 17.2 Å². The van der Waals surface area contributed by atoms with Gasteiger partial charge < -0.3 is 18.6 Å². The molecule has 0 saturated carbocycles. The Balaban J connectivity index is 1.77. The smallest absolute Gasteiger partial charge is 0.231 e. The van der Waals surface area contributed by atoms with Crippen LogP contribution in [0.25, 0.3) is 22.7 Å². The summed E-state index contributed by atoms with van der Waals surface area (Å²) < 4.78 is 22.6. The first-order chi connectivity index (χ1) is 16.6. The van der Waals surface area contributed by atoms with Crippen molar-refractivity contribution in [3.8, 4) is 17.2 Å². The van der Waals surface area contributed by atoms with Crippen LogP contribution in [0.4, 0.5) is 0 Å². The van der Waals surface area contributed by atoms with Crippen LogP contribution in [0.2, 0.25) is 0 Å². The summed E-state index contributed by atoms with van der Waals surface area (Å²) in [6.07, 6.45) is 3.76. The van der Waals surface area contributed by atoms with Gasteiger partial charge in [0.15, 0.2) is 11.4 Å². The third-order valence-electron chi connectivity index (χ3n) is 5.39. The third kappa shape index (κ3) is 5.12. The van der Waals surface area contributed by atoms with Crippen molar-refractivity contribution in [1.29, 1.82) is 0 Å². The van der Waals surface area contributed by atoms with Crippen molar-refractivity contribution in [1.82, 2.24) is 4.98 Å². The monoisotopic (exact) mass is 457 g/mol. The molecule has 0 unspecified atom stereocenters. The van der Waals surface area contributed by atoms with Gasteiger partial charge in [-0.3, -0.25) is 4.79 Å². The van der Waals surface area contributed by atoms with E-state index in [4.69, 9.17) is 18.6 Å². The Hall–Kier alpha value is -4.06. The average Bonchev–Trinajstić information content (AvgIpc) is 3.31. The van der Waals surface area contributed by atoms with Crippen LogP contribution in [-0.4, -0.2) is 31.6 Å². The normalized spacial score (nSPS) is 11.4. The van der Waals surface area contributed by atoms with E-state index >= 15 is 0 Å². The van der Waals surface area contributed by atoms with E-state index in [9.17, 15) is 4.79 Å². The van der Waals surface area contributed by atoms with Crippen LogP contribution in [0.3, 0.4) is 0 Å². The number of nitrogens with zero attached hydrogens (tertiary/aromatic N) is 1. The van der Waals surface area contributed by atoms with Crippen molar-refractivity contribution in [2.75, 3.05) is 20.8 Å². The first kappa shape index (κ1) is 23.1. The van der Waals surface area contributed by atoms with Crippen LogP contribution in [0, 0.1) is 0 Å². The molecule has 0 aliphatic carbocycles. The molecule has 4 rings (SSSR count). The minimum atomic E-state index is -0.225. The van der Waals surface area contributed by atoms with Crippen molar-refractivity contribution in [3.05, 3.63) is 83.7 Å². The van der Waals surface area contributed by atoms with Gasteiger partial charge in [0.25, 0.3) is 0 Å². The molecule has 6 heteroatoms.